The van der Waals surface area contributed by atoms with Crippen LogP contribution in [0.15, 0.2) is 54.9 Å². The third-order valence-corrected chi connectivity index (χ3v) is 4.10. The fourth-order valence-electron chi connectivity index (χ4n) is 2.68. The lowest BCUT2D eigenvalue weighted by molar-refractivity contribution is -0.129. The highest BCUT2D eigenvalue weighted by atomic mass is 16.5. The molecule has 0 spiro atoms. The summed E-state index contributed by atoms with van der Waals surface area (Å²) in [5.74, 6) is -0.867. The van der Waals surface area contributed by atoms with Gasteiger partial charge in [0.05, 0.1) is 16.8 Å². The van der Waals surface area contributed by atoms with Crippen LogP contribution < -0.4 is 5.32 Å². The van der Waals surface area contributed by atoms with Crippen LogP contribution in [-0.2, 0) is 9.53 Å². The summed E-state index contributed by atoms with van der Waals surface area (Å²) < 4.78 is 5.40. The van der Waals surface area contributed by atoms with Crippen molar-refractivity contribution in [1.29, 1.82) is 0 Å². The quantitative estimate of drug-likeness (QED) is 0.679. The van der Waals surface area contributed by atoms with Crippen LogP contribution in [0, 0.1) is 0 Å². The zero-order valence-electron chi connectivity index (χ0n) is 15.3. The van der Waals surface area contributed by atoms with Gasteiger partial charge in [-0.2, -0.15) is 0 Å². The highest BCUT2D eigenvalue weighted by molar-refractivity contribution is 6.05. The van der Waals surface area contributed by atoms with Gasteiger partial charge in [0.2, 0.25) is 0 Å². The van der Waals surface area contributed by atoms with E-state index >= 15 is 0 Å². The van der Waals surface area contributed by atoms with E-state index in [2.05, 4.69) is 15.3 Å². The van der Waals surface area contributed by atoms with Gasteiger partial charge in [0.1, 0.15) is 0 Å². The van der Waals surface area contributed by atoms with Gasteiger partial charge in [-0.15, -0.1) is 0 Å². The molecule has 1 N–H and O–H groups in total. The second kappa shape index (κ2) is 8.40. The average molecular weight is 363 g/mol. The minimum atomic E-state index is -0.877. The first-order valence-electron chi connectivity index (χ1n) is 8.89. The van der Waals surface area contributed by atoms with E-state index < -0.39 is 12.1 Å². The van der Waals surface area contributed by atoms with Gasteiger partial charge in [0.25, 0.3) is 5.91 Å². The molecular formula is C21H21N3O3. The van der Waals surface area contributed by atoms with Gasteiger partial charge in [-0.05, 0) is 37.6 Å². The number of nitrogens with zero attached hydrogens (tertiary/aromatic N) is 2. The number of aromatic nitrogens is 2. The summed E-state index contributed by atoms with van der Waals surface area (Å²) in [6.45, 7) is 4.07. The molecule has 0 fully saturated rings. The summed E-state index contributed by atoms with van der Waals surface area (Å²) in [6, 6.07) is 12.7. The van der Waals surface area contributed by atoms with Gasteiger partial charge < -0.3 is 10.1 Å². The smallest absolute Gasteiger partial charge is 0.339 e. The molecule has 1 amide bonds. The molecule has 138 valence electrons. The fraction of sp³-hybridized carbons (Fsp3) is 0.238. The minimum Gasteiger partial charge on any atom is -0.449 e. The second-order valence-corrected chi connectivity index (χ2v) is 6.15. The number of amides is 1. The second-order valence-electron chi connectivity index (χ2n) is 6.15. The van der Waals surface area contributed by atoms with Crippen molar-refractivity contribution >= 4 is 22.8 Å². The van der Waals surface area contributed by atoms with Gasteiger partial charge in [-0.3, -0.25) is 9.78 Å². The molecule has 2 aromatic heterocycles. The summed E-state index contributed by atoms with van der Waals surface area (Å²) in [6.07, 6.45) is 3.30. The van der Waals surface area contributed by atoms with Crippen molar-refractivity contribution in [3.05, 3.63) is 60.4 Å². The molecule has 0 saturated carbocycles. The Balaban J connectivity index is 1.95. The third kappa shape index (κ3) is 4.28. The largest absolute Gasteiger partial charge is 0.449 e. The van der Waals surface area contributed by atoms with E-state index in [1.54, 1.807) is 25.4 Å². The maximum Gasteiger partial charge on any atom is 0.339 e. The summed E-state index contributed by atoms with van der Waals surface area (Å²) in [7, 11) is 0. The van der Waals surface area contributed by atoms with E-state index in [1.165, 1.54) is 0 Å². The minimum absolute atomic E-state index is 0.309. The monoisotopic (exact) mass is 363 g/mol. The molecule has 0 saturated heterocycles. The van der Waals surface area contributed by atoms with Crippen LogP contribution in [0.2, 0.25) is 0 Å². The van der Waals surface area contributed by atoms with Crippen molar-refractivity contribution in [2.75, 3.05) is 6.54 Å². The molecule has 1 aromatic carbocycles. The predicted octanol–water partition coefficient (Wildman–Crippen LogP) is 3.37. The molecule has 0 aliphatic rings. The van der Waals surface area contributed by atoms with E-state index in [1.807, 2.05) is 43.3 Å². The number of hydrogen-bond acceptors (Lipinski definition) is 5. The zero-order valence-corrected chi connectivity index (χ0v) is 15.3. The van der Waals surface area contributed by atoms with Crippen LogP contribution in [0.1, 0.15) is 30.6 Å². The van der Waals surface area contributed by atoms with Crippen molar-refractivity contribution in [3.8, 4) is 11.3 Å². The molecular weight excluding hydrogens is 342 g/mol. The Bertz CT molecular complexity index is 957. The number of para-hydroxylation sites is 1. The van der Waals surface area contributed by atoms with E-state index in [4.69, 9.17) is 4.74 Å². The number of pyridine rings is 2. The van der Waals surface area contributed by atoms with Crippen molar-refractivity contribution in [2.24, 2.45) is 0 Å². The molecule has 1 atom stereocenters. The highest BCUT2D eigenvalue weighted by Gasteiger charge is 2.21. The summed E-state index contributed by atoms with van der Waals surface area (Å²) in [4.78, 5) is 33.5. The SMILES string of the molecule is CCCNC(=O)[C@@H](C)OC(=O)c1cc(-c2cccnc2)nc2ccccc12. The standard InChI is InChI=1S/C21H21N3O3/c1-3-10-23-20(25)14(2)27-21(26)17-12-19(15-7-6-11-22-13-15)24-18-9-5-4-8-16(17)18/h4-9,11-14H,3,10H2,1-2H3,(H,23,25)/t14-/m1/s1. The molecule has 0 radical (unpaired) electrons. The van der Waals surface area contributed by atoms with Crippen molar-refractivity contribution in [1.82, 2.24) is 15.3 Å². The molecule has 3 rings (SSSR count). The lowest BCUT2D eigenvalue weighted by atomic mass is 10.0. The zero-order chi connectivity index (χ0) is 19.2. The summed E-state index contributed by atoms with van der Waals surface area (Å²) >= 11 is 0. The van der Waals surface area contributed by atoms with Crippen LogP contribution in [-0.4, -0.2) is 34.5 Å². The maximum absolute atomic E-state index is 12.8. The Hall–Kier alpha value is -3.28. The van der Waals surface area contributed by atoms with Crippen LogP contribution in [0.3, 0.4) is 0 Å². The molecule has 6 nitrogen and oxygen atoms in total. The van der Waals surface area contributed by atoms with Crippen molar-refractivity contribution < 1.29 is 14.3 Å². The fourth-order valence-corrected chi connectivity index (χ4v) is 2.68. The van der Waals surface area contributed by atoms with Gasteiger partial charge in [-0.1, -0.05) is 25.1 Å². The molecule has 0 aliphatic carbocycles. The van der Waals surface area contributed by atoms with E-state index in [-0.39, 0.29) is 5.91 Å². The van der Waals surface area contributed by atoms with Crippen molar-refractivity contribution in [2.45, 2.75) is 26.4 Å². The number of carbonyl (C=O) groups is 2. The molecule has 3 aromatic rings. The Morgan fingerprint density at radius 2 is 2.00 bits per heavy atom. The number of fused-ring (bicyclic) bond motifs is 1. The van der Waals surface area contributed by atoms with Crippen molar-refractivity contribution in [3.63, 3.8) is 0 Å². The number of hydrogen-bond donors (Lipinski definition) is 1. The molecule has 27 heavy (non-hydrogen) atoms. The van der Waals surface area contributed by atoms with Crippen LogP contribution in [0.5, 0.6) is 0 Å². The van der Waals surface area contributed by atoms with Gasteiger partial charge in [-0.25, -0.2) is 9.78 Å². The van der Waals surface area contributed by atoms with Crippen LogP contribution in [0.4, 0.5) is 0 Å². The predicted molar refractivity (Wildman–Crippen MR) is 103 cm³/mol. The molecule has 2 heterocycles. The lowest BCUT2D eigenvalue weighted by Crippen LogP contribution is -2.36. The Labute approximate surface area is 157 Å². The number of carbonyl (C=O) groups excluding carboxylic acids is 2. The number of rotatable bonds is 6. The number of ether oxygens (including phenoxy) is 1. The first kappa shape index (κ1) is 18.5. The normalized spacial score (nSPS) is 11.8. The Morgan fingerprint density at radius 1 is 1.19 bits per heavy atom. The maximum atomic E-state index is 12.8. The molecule has 0 unspecified atom stereocenters. The first-order chi connectivity index (χ1) is 13.1. The average Bonchev–Trinajstić information content (AvgIpc) is 2.71. The number of nitrogens with one attached hydrogen (secondary N) is 1. The lowest BCUT2D eigenvalue weighted by Gasteiger charge is -2.14. The third-order valence-electron chi connectivity index (χ3n) is 4.10. The Morgan fingerprint density at radius 3 is 2.74 bits per heavy atom. The van der Waals surface area contributed by atoms with Gasteiger partial charge >= 0.3 is 5.97 Å². The number of benzene rings is 1. The first-order valence-corrected chi connectivity index (χ1v) is 8.89. The topological polar surface area (TPSA) is 81.2 Å². The molecule has 6 heteroatoms. The highest BCUT2D eigenvalue weighted by Crippen LogP contribution is 2.25. The van der Waals surface area contributed by atoms with E-state index in [0.717, 1.165) is 12.0 Å². The summed E-state index contributed by atoms with van der Waals surface area (Å²) in [5, 5.41) is 3.40. The Kier molecular flexibility index (Phi) is 5.76. The van der Waals surface area contributed by atoms with Crippen LogP contribution in [0.25, 0.3) is 22.2 Å². The molecule has 0 aliphatic heterocycles. The molecule has 0 bridgehead atoms. The van der Waals surface area contributed by atoms with Gasteiger partial charge in [0.15, 0.2) is 6.10 Å². The number of esters is 1. The van der Waals surface area contributed by atoms with Gasteiger partial charge in [0, 0.05) is 29.9 Å². The van der Waals surface area contributed by atoms with Crippen LogP contribution >= 0.6 is 0 Å². The summed E-state index contributed by atoms with van der Waals surface area (Å²) in [5.41, 5.74) is 2.46. The van der Waals surface area contributed by atoms with E-state index in [9.17, 15) is 9.59 Å². The van der Waals surface area contributed by atoms with E-state index in [0.29, 0.717) is 28.7 Å².